The first-order valence-corrected chi connectivity index (χ1v) is 3.54. The third kappa shape index (κ3) is 7.27. The van der Waals surface area contributed by atoms with Crippen molar-refractivity contribution in [1.29, 1.82) is 0 Å². The smallest absolute Gasteiger partial charge is 0.132 e. The van der Waals surface area contributed by atoms with E-state index in [0.717, 1.165) is 0 Å². The average Bonchev–Trinajstić information content (AvgIpc) is 1.79. The molecular weight excluding hydrogens is 126 g/mol. The van der Waals surface area contributed by atoms with Gasteiger partial charge in [-0.05, 0) is 27.7 Å². The Kier molecular flexibility index (Phi) is 4.72. The van der Waals surface area contributed by atoms with Crippen molar-refractivity contribution in [1.82, 2.24) is 0 Å². The summed E-state index contributed by atoms with van der Waals surface area (Å²) in [4.78, 5) is 4.01. The molecule has 3 heteroatoms. The van der Waals surface area contributed by atoms with Gasteiger partial charge in [0.2, 0.25) is 0 Å². The molecule has 0 unspecified atom stereocenters. The number of azo groups is 1. The average molecular weight is 141 g/mol. The molecule has 58 valence electrons. The largest absolute Gasteiger partial charge is 0.269 e. The van der Waals surface area contributed by atoms with E-state index in [1.54, 1.807) is 0 Å². The van der Waals surface area contributed by atoms with Crippen LogP contribution in [0.4, 0.5) is 0 Å². The first-order chi connectivity index (χ1) is 4.63. The van der Waals surface area contributed by atoms with E-state index >= 15 is 0 Å². The lowest BCUT2D eigenvalue weighted by molar-refractivity contribution is 0.781. The van der Waals surface area contributed by atoms with Gasteiger partial charge in [0.1, 0.15) is 6.34 Å². The van der Waals surface area contributed by atoms with E-state index in [1.807, 2.05) is 27.7 Å². The normalized spacial score (nSPS) is 13.0. The summed E-state index contributed by atoms with van der Waals surface area (Å²) in [5, 5.41) is 7.62. The van der Waals surface area contributed by atoms with Crippen LogP contribution in [0, 0.1) is 0 Å². The fraction of sp³-hybridized carbons (Fsp3) is 0.857. The van der Waals surface area contributed by atoms with Gasteiger partial charge in [0.25, 0.3) is 0 Å². The monoisotopic (exact) mass is 141 g/mol. The zero-order valence-electron chi connectivity index (χ0n) is 7.07. The van der Waals surface area contributed by atoms with Crippen LogP contribution in [-0.2, 0) is 0 Å². The molecule has 0 aromatic heterocycles. The predicted molar refractivity (Wildman–Crippen MR) is 43.6 cm³/mol. The van der Waals surface area contributed by atoms with Gasteiger partial charge in [0.15, 0.2) is 0 Å². The Balaban J connectivity index is 3.52. The van der Waals surface area contributed by atoms with Gasteiger partial charge in [0.05, 0.1) is 6.04 Å². The number of aliphatic imine (C=N–C) groups is 1. The number of nitrogens with zero attached hydrogens (tertiary/aromatic N) is 3. The van der Waals surface area contributed by atoms with Crippen molar-refractivity contribution in [2.75, 3.05) is 0 Å². The molecule has 0 aliphatic carbocycles. The molecule has 0 atom stereocenters. The van der Waals surface area contributed by atoms with Crippen LogP contribution in [0.5, 0.6) is 0 Å². The summed E-state index contributed by atoms with van der Waals surface area (Å²) in [6.45, 7) is 7.96. The lowest BCUT2D eigenvalue weighted by Gasteiger charge is -1.91. The first-order valence-electron chi connectivity index (χ1n) is 3.54. The standard InChI is InChI=1S/C7H15N3/c1-6(2)8-5-9-10-7(3)4/h5-7H,1-4H3. The van der Waals surface area contributed by atoms with Crippen LogP contribution in [0.25, 0.3) is 0 Å². The van der Waals surface area contributed by atoms with Crippen LogP contribution in [0.15, 0.2) is 15.2 Å². The van der Waals surface area contributed by atoms with E-state index in [0.29, 0.717) is 6.04 Å². The molecular formula is C7H15N3. The molecule has 0 aliphatic heterocycles. The summed E-state index contributed by atoms with van der Waals surface area (Å²) in [5.41, 5.74) is 0. The Labute approximate surface area is 62.3 Å². The second kappa shape index (κ2) is 5.09. The van der Waals surface area contributed by atoms with Gasteiger partial charge in [-0.3, -0.25) is 4.99 Å². The number of rotatable bonds is 3. The quantitative estimate of drug-likeness (QED) is 0.328. The van der Waals surface area contributed by atoms with E-state index < -0.39 is 0 Å². The first kappa shape index (κ1) is 9.27. The van der Waals surface area contributed by atoms with Crippen LogP contribution in [0.1, 0.15) is 27.7 Å². The molecule has 10 heavy (non-hydrogen) atoms. The minimum atomic E-state index is 0.263. The van der Waals surface area contributed by atoms with Crippen LogP contribution in [-0.4, -0.2) is 18.4 Å². The molecule has 3 nitrogen and oxygen atoms in total. The van der Waals surface area contributed by atoms with Gasteiger partial charge in [-0.25, -0.2) is 0 Å². The van der Waals surface area contributed by atoms with Crippen LogP contribution in [0.3, 0.4) is 0 Å². The van der Waals surface area contributed by atoms with Crippen molar-refractivity contribution in [3.63, 3.8) is 0 Å². The van der Waals surface area contributed by atoms with E-state index in [2.05, 4.69) is 15.2 Å². The van der Waals surface area contributed by atoms with Crippen molar-refractivity contribution in [3.05, 3.63) is 0 Å². The Bertz CT molecular complexity index is 109. The van der Waals surface area contributed by atoms with Gasteiger partial charge in [-0.1, -0.05) is 0 Å². The van der Waals surface area contributed by atoms with Crippen LogP contribution < -0.4 is 0 Å². The van der Waals surface area contributed by atoms with Crippen LogP contribution >= 0.6 is 0 Å². The van der Waals surface area contributed by atoms with Crippen molar-refractivity contribution >= 4 is 6.34 Å². The summed E-state index contributed by atoms with van der Waals surface area (Å²) >= 11 is 0. The van der Waals surface area contributed by atoms with Crippen molar-refractivity contribution in [2.24, 2.45) is 15.2 Å². The molecule has 0 saturated carbocycles. The Hall–Kier alpha value is -0.730. The van der Waals surface area contributed by atoms with Gasteiger partial charge < -0.3 is 0 Å². The molecule has 0 spiro atoms. The lowest BCUT2D eigenvalue weighted by Crippen LogP contribution is -1.88. The van der Waals surface area contributed by atoms with Crippen LogP contribution in [0.2, 0.25) is 0 Å². The van der Waals surface area contributed by atoms with E-state index in [4.69, 9.17) is 0 Å². The second-order valence-electron chi connectivity index (χ2n) is 2.68. The maximum Gasteiger partial charge on any atom is 0.132 e. The predicted octanol–water partition coefficient (Wildman–Crippen LogP) is 2.28. The van der Waals surface area contributed by atoms with Gasteiger partial charge >= 0.3 is 0 Å². The molecule has 0 rings (SSSR count). The molecule has 0 bridgehead atoms. The molecule has 0 aliphatic rings. The molecule has 0 aromatic carbocycles. The maximum absolute atomic E-state index is 4.01. The SMILES string of the molecule is CC(C)N=CN=NC(C)C. The second-order valence-corrected chi connectivity index (χ2v) is 2.68. The Morgan fingerprint density at radius 3 is 2.00 bits per heavy atom. The van der Waals surface area contributed by atoms with Crippen molar-refractivity contribution in [2.45, 2.75) is 39.8 Å². The van der Waals surface area contributed by atoms with E-state index in [-0.39, 0.29) is 6.04 Å². The Morgan fingerprint density at radius 1 is 1.00 bits per heavy atom. The highest BCUT2D eigenvalue weighted by molar-refractivity contribution is 5.54. The number of hydrogen-bond acceptors (Lipinski definition) is 2. The minimum absolute atomic E-state index is 0.263. The third-order valence-electron chi connectivity index (χ3n) is 0.714. The molecule has 0 N–H and O–H groups in total. The maximum atomic E-state index is 4.01. The van der Waals surface area contributed by atoms with E-state index in [1.165, 1.54) is 6.34 Å². The summed E-state index contributed by atoms with van der Waals surface area (Å²) in [6, 6.07) is 0.574. The van der Waals surface area contributed by atoms with Gasteiger partial charge in [-0.2, -0.15) is 5.11 Å². The molecule has 0 aromatic rings. The Morgan fingerprint density at radius 2 is 1.60 bits per heavy atom. The van der Waals surface area contributed by atoms with Gasteiger partial charge in [0, 0.05) is 6.04 Å². The summed E-state index contributed by atoms with van der Waals surface area (Å²) in [7, 11) is 0. The molecule has 0 fully saturated rings. The highest BCUT2D eigenvalue weighted by Gasteiger charge is 1.83. The molecule has 0 heterocycles. The number of hydrogen-bond donors (Lipinski definition) is 0. The summed E-state index contributed by atoms with van der Waals surface area (Å²) in [5.74, 6) is 0. The molecule has 0 amide bonds. The minimum Gasteiger partial charge on any atom is -0.269 e. The van der Waals surface area contributed by atoms with E-state index in [9.17, 15) is 0 Å². The lowest BCUT2D eigenvalue weighted by atomic mass is 10.4. The summed E-state index contributed by atoms with van der Waals surface area (Å²) < 4.78 is 0. The fourth-order valence-electron chi connectivity index (χ4n) is 0.326. The molecule has 0 radical (unpaired) electrons. The fourth-order valence-corrected chi connectivity index (χ4v) is 0.326. The zero-order valence-corrected chi connectivity index (χ0v) is 7.07. The van der Waals surface area contributed by atoms with Crippen molar-refractivity contribution < 1.29 is 0 Å². The zero-order chi connectivity index (χ0) is 7.98. The van der Waals surface area contributed by atoms with Gasteiger partial charge in [-0.15, -0.1) is 5.11 Å². The summed E-state index contributed by atoms with van der Waals surface area (Å²) in [6.07, 6.45) is 1.50. The topological polar surface area (TPSA) is 37.1 Å². The van der Waals surface area contributed by atoms with Crippen molar-refractivity contribution in [3.8, 4) is 0 Å². The molecule has 0 saturated heterocycles. The highest BCUT2D eigenvalue weighted by Crippen LogP contribution is 1.87. The third-order valence-corrected chi connectivity index (χ3v) is 0.714. The highest BCUT2D eigenvalue weighted by atomic mass is 15.1.